The number of aromatic amines is 1. The molecular formula is C26H24N4O3. The van der Waals surface area contributed by atoms with Gasteiger partial charge >= 0.3 is 5.69 Å². The maximum atomic E-state index is 13.0. The van der Waals surface area contributed by atoms with Gasteiger partial charge in [-0.15, -0.1) is 0 Å². The standard InChI is InChI=1S/C26H24N4O3/c31-24(18-6-2-1-3-7-18)27-20-12-10-19(11-13-20)25(32)29-16-14-21(15-17-29)30-23-9-5-4-8-22(23)28-26(30)33/h1-13,21H,14-17H2,(H,27,31)(H,28,33). The lowest BCUT2D eigenvalue weighted by molar-refractivity contribution is 0.0695. The van der Waals surface area contributed by atoms with E-state index in [1.807, 2.05) is 51.9 Å². The van der Waals surface area contributed by atoms with Gasteiger partial charge in [0.2, 0.25) is 0 Å². The Balaban J connectivity index is 1.22. The van der Waals surface area contributed by atoms with Crippen molar-refractivity contribution in [1.29, 1.82) is 0 Å². The molecule has 1 aliphatic heterocycles. The van der Waals surface area contributed by atoms with Gasteiger partial charge in [0.25, 0.3) is 11.8 Å². The van der Waals surface area contributed by atoms with Crippen LogP contribution in [0, 0.1) is 0 Å². The molecule has 5 rings (SSSR count). The molecule has 0 spiro atoms. The number of imidazole rings is 1. The molecule has 3 aromatic carbocycles. The largest absolute Gasteiger partial charge is 0.338 e. The quantitative estimate of drug-likeness (QED) is 0.502. The number of carbonyl (C=O) groups is 2. The molecule has 0 atom stereocenters. The number of hydrogen-bond donors (Lipinski definition) is 2. The first-order valence-electron chi connectivity index (χ1n) is 11.0. The summed E-state index contributed by atoms with van der Waals surface area (Å²) in [7, 11) is 0. The molecule has 0 radical (unpaired) electrons. The molecule has 7 nitrogen and oxygen atoms in total. The van der Waals surface area contributed by atoms with Crippen LogP contribution in [0.15, 0.2) is 83.7 Å². The number of fused-ring (bicyclic) bond motifs is 1. The van der Waals surface area contributed by atoms with E-state index >= 15 is 0 Å². The highest BCUT2D eigenvalue weighted by atomic mass is 16.2. The zero-order chi connectivity index (χ0) is 22.8. The van der Waals surface area contributed by atoms with Crippen LogP contribution in [-0.2, 0) is 0 Å². The molecule has 0 bridgehead atoms. The third kappa shape index (κ3) is 4.17. The summed E-state index contributed by atoms with van der Waals surface area (Å²) in [5.41, 5.74) is 3.43. The number of aromatic nitrogens is 2. The van der Waals surface area contributed by atoms with Crippen LogP contribution >= 0.6 is 0 Å². The van der Waals surface area contributed by atoms with Gasteiger partial charge in [0.15, 0.2) is 0 Å². The maximum absolute atomic E-state index is 13.0. The van der Waals surface area contributed by atoms with Gasteiger partial charge in [-0.3, -0.25) is 14.2 Å². The molecule has 0 unspecified atom stereocenters. The number of carbonyl (C=O) groups excluding carboxylic acids is 2. The third-order valence-corrected chi connectivity index (χ3v) is 6.17. The Morgan fingerprint density at radius 1 is 0.818 bits per heavy atom. The lowest BCUT2D eigenvalue weighted by Crippen LogP contribution is -2.40. The fourth-order valence-corrected chi connectivity index (χ4v) is 4.44. The number of rotatable bonds is 4. The zero-order valence-corrected chi connectivity index (χ0v) is 18.0. The summed E-state index contributed by atoms with van der Waals surface area (Å²) < 4.78 is 1.82. The molecule has 33 heavy (non-hydrogen) atoms. The molecule has 2 heterocycles. The topological polar surface area (TPSA) is 87.2 Å². The molecule has 0 aliphatic carbocycles. The number of nitrogens with one attached hydrogen (secondary N) is 2. The average molecular weight is 441 g/mol. The Kier molecular flexibility index (Phi) is 5.52. The van der Waals surface area contributed by atoms with Gasteiger partial charge in [-0.1, -0.05) is 30.3 Å². The Morgan fingerprint density at radius 2 is 1.48 bits per heavy atom. The monoisotopic (exact) mass is 440 g/mol. The molecule has 7 heteroatoms. The van der Waals surface area contributed by atoms with E-state index in [9.17, 15) is 14.4 Å². The Labute approximate surface area is 190 Å². The van der Waals surface area contributed by atoms with Crippen molar-refractivity contribution in [3.8, 4) is 0 Å². The first kappa shape index (κ1) is 20.8. The van der Waals surface area contributed by atoms with Crippen LogP contribution in [-0.4, -0.2) is 39.4 Å². The molecule has 2 amide bonds. The second-order valence-corrected chi connectivity index (χ2v) is 8.24. The number of hydrogen-bond acceptors (Lipinski definition) is 3. The normalized spacial score (nSPS) is 14.4. The number of para-hydroxylation sites is 2. The van der Waals surface area contributed by atoms with Gasteiger partial charge < -0.3 is 15.2 Å². The summed E-state index contributed by atoms with van der Waals surface area (Å²) in [5.74, 6) is -0.232. The van der Waals surface area contributed by atoms with Gasteiger partial charge in [0.05, 0.1) is 11.0 Å². The van der Waals surface area contributed by atoms with E-state index in [1.54, 1.807) is 36.4 Å². The molecule has 1 fully saturated rings. The second-order valence-electron chi connectivity index (χ2n) is 8.24. The van der Waals surface area contributed by atoms with Crippen molar-refractivity contribution in [3.63, 3.8) is 0 Å². The molecule has 166 valence electrons. The van der Waals surface area contributed by atoms with Crippen molar-refractivity contribution in [2.24, 2.45) is 0 Å². The van der Waals surface area contributed by atoms with Crippen molar-refractivity contribution in [2.75, 3.05) is 18.4 Å². The SMILES string of the molecule is O=C(Nc1ccc(C(=O)N2CCC(n3c(=O)[nH]c4ccccc43)CC2)cc1)c1ccccc1. The Morgan fingerprint density at radius 3 is 2.21 bits per heavy atom. The first-order valence-corrected chi connectivity index (χ1v) is 11.0. The Hall–Kier alpha value is -4.13. The van der Waals surface area contributed by atoms with Crippen LogP contribution in [0.3, 0.4) is 0 Å². The predicted molar refractivity (Wildman–Crippen MR) is 128 cm³/mol. The minimum Gasteiger partial charge on any atom is -0.338 e. The Bertz CT molecular complexity index is 1350. The van der Waals surface area contributed by atoms with E-state index in [0.29, 0.717) is 29.9 Å². The maximum Gasteiger partial charge on any atom is 0.326 e. The van der Waals surface area contributed by atoms with Crippen LogP contribution in [0.2, 0.25) is 0 Å². The van der Waals surface area contributed by atoms with Crippen LogP contribution < -0.4 is 11.0 Å². The minimum absolute atomic E-state index is 0.0411. The van der Waals surface area contributed by atoms with Crippen LogP contribution in [0.5, 0.6) is 0 Å². The number of likely N-dealkylation sites (tertiary alicyclic amines) is 1. The summed E-state index contributed by atoms with van der Waals surface area (Å²) in [4.78, 5) is 42.5. The van der Waals surface area contributed by atoms with Crippen LogP contribution in [0.4, 0.5) is 5.69 Å². The number of H-pyrrole nitrogens is 1. The van der Waals surface area contributed by atoms with Crippen LogP contribution in [0.25, 0.3) is 11.0 Å². The van der Waals surface area contributed by atoms with E-state index in [2.05, 4.69) is 10.3 Å². The fourth-order valence-electron chi connectivity index (χ4n) is 4.44. The highest BCUT2D eigenvalue weighted by Crippen LogP contribution is 2.26. The predicted octanol–water partition coefficient (Wildman–Crippen LogP) is 4.06. The molecule has 1 saturated heterocycles. The summed E-state index contributed by atoms with van der Waals surface area (Å²) in [6.45, 7) is 1.17. The summed E-state index contributed by atoms with van der Waals surface area (Å²) in [5, 5.41) is 2.85. The van der Waals surface area contributed by atoms with Gasteiger partial charge in [0.1, 0.15) is 0 Å². The fraction of sp³-hybridized carbons (Fsp3) is 0.192. The number of nitrogens with zero attached hydrogens (tertiary/aromatic N) is 2. The van der Waals surface area contributed by atoms with E-state index in [1.165, 1.54) is 0 Å². The van der Waals surface area contributed by atoms with E-state index in [-0.39, 0.29) is 23.5 Å². The minimum atomic E-state index is -0.190. The van der Waals surface area contributed by atoms with Crippen LogP contribution in [0.1, 0.15) is 39.6 Å². The van der Waals surface area contributed by atoms with Crippen molar-refractivity contribution >= 4 is 28.5 Å². The molecule has 4 aromatic rings. The molecular weight excluding hydrogens is 416 g/mol. The molecule has 2 N–H and O–H groups in total. The molecule has 1 aromatic heterocycles. The third-order valence-electron chi connectivity index (χ3n) is 6.17. The van der Waals surface area contributed by atoms with E-state index in [0.717, 1.165) is 23.9 Å². The highest BCUT2D eigenvalue weighted by Gasteiger charge is 2.26. The lowest BCUT2D eigenvalue weighted by Gasteiger charge is -2.32. The van der Waals surface area contributed by atoms with Crippen molar-refractivity contribution in [2.45, 2.75) is 18.9 Å². The highest BCUT2D eigenvalue weighted by molar-refractivity contribution is 6.04. The summed E-state index contributed by atoms with van der Waals surface area (Å²) in [6.07, 6.45) is 1.44. The van der Waals surface area contributed by atoms with Gasteiger partial charge in [-0.2, -0.15) is 0 Å². The summed E-state index contributed by atoms with van der Waals surface area (Å²) >= 11 is 0. The molecule has 0 saturated carbocycles. The van der Waals surface area contributed by atoms with Crippen molar-refractivity contribution in [3.05, 3.63) is 100 Å². The zero-order valence-electron chi connectivity index (χ0n) is 18.0. The number of piperidine rings is 1. The molecule has 1 aliphatic rings. The number of benzene rings is 3. The van der Waals surface area contributed by atoms with Gasteiger partial charge in [-0.25, -0.2) is 4.79 Å². The first-order chi connectivity index (χ1) is 16.1. The van der Waals surface area contributed by atoms with Crippen molar-refractivity contribution in [1.82, 2.24) is 14.5 Å². The smallest absolute Gasteiger partial charge is 0.326 e. The summed E-state index contributed by atoms with van der Waals surface area (Å²) in [6, 6.07) is 23.7. The van der Waals surface area contributed by atoms with E-state index in [4.69, 9.17) is 0 Å². The average Bonchev–Trinajstić information content (AvgIpc) is 3.20. The van der Waals surface area contributed by atoms with Crippen molar-refractivity contribution < 1.29 is 9.59 Å². The van der Waals surface area contributed by atoms with E-state index < -0.39 is 0 Å². The number of anilines is 1. The van der Waals surface area contributed by atoms with Gasteiger partial charge in [-0.05, 0) is 61.4 Å². The van der Waals surface area contributed by atoms with Gasteiger partial charge in [0, 0.05) is 35.9 Å². The lowest BCUT2D eigenvalue weighted by atomic mass is 10.0. The number of amides is 2. The second kappa shape index (κ2) is 8.78.